The van der Waals surface area contributed by atoms with E-state index in [0.29, 0.717) is 11.4 Å². The van der Waals surface area contributed by atoms with Crippen molar-refractivity contribution < 1.29 is 14.3 Å². The van der Waals surface area contributed by atoms with Crippen LogP contribution in [-0.2, 0) is 15.0 Å². The topological polar surface area (TPSA) is 85.2 Å². The van der Waals surface area contributed by atoms with Gasteiger partial charge in [-0.15, -0.1) is 0 Å². The van der Waals surface area contributed by atoms with E-state index in [2.05, 4.69) is 15.7 Å². The number of amides is 2. The van der Waals surface area contributed by atoms with Crippen LogP contribution in [0.5, 0.6) is 5.75 Å². The molecule has 2 N–H and O–H groups in total. The van der Waals surface area contributed by atoms with Gasteiger partial charge >= 0.3 is 0 Å². The van der Waals surface area contributed by atoms with Crippen LogP contribution in [0, 0.1) is 0 Å². The Kier molecular flexibility index (Phi) is 3.15. The van der Waals surface area contributed by atoms with E-state index in [-0.39, 0.29) is 18.2 Å². The second-order valence-electron chi connectivity index (χ2n) is 6.65. The van der Waals surface area contributed by atoms with Crippen molar-refractivity contribution in [1.29, 1.82) is 0 Å². The number of ether oxygens (including phenoxy) is 1. The van der Waals surface area contributed by atoms with Crippen LogP contribution in [0.4, 0.5) is 11.5 Å². The fourth-order valence-electron chi connectivity index (χ4n) is 3.97. The van der Waals surface area contributed by atoms with E-state index in [1.165, 1.54) is 0 Å². The predicted molar refractivity (Wildman–Crippen MR) is 99.2 cm³/mol. The lowest BCUT2D eigenvalue weighted by Crippen LogP contribution is -2.43. The van der Waals surface area contributed by atoms with Crippen molar-refractivity contribution in [3.63, 3.8) is 0 Å². The molecule has 27 heavy (non-hydrogen) atoms. The number of benzene rings is 2. The number of methoxy groups -OCH3 is 1. The molecule has 2 aromatic carbocycles. The Hall–Kier alpha value is -3.61. The molecule has 1 atom stereocenters. The highest BCUT2D eigenvalue weighted by Crippen LogP contribution is 2.49. The van der Waals surface area contributed by atoms with Crippen LogP contribution < -0.4 is 15.4 Å². The highest BCUT2D eigenvalue weighted by Gasteiger charge is 2.54. The van der Waals surface area contributed by atoms with Crippen molar-refractivity contribution >= 4 is 23.3 Å². The van der Waals surface area contributed by atoms with Crippen molar-refractivity contribution in [2.24, 2.45) is 0 Å². The van der Waals surface area contributed by atoms with Crippen molar-refractivity contribution in [3.05, 3.63) is 65.9 Å². The van der Waals surface area contributed by atoms with Gasteiger partial charge in [0.25, 0.3) is 0 Å². The number of hydrogen-bond acceptors (Lipinski definition) is 4. The van der Waals surface area contributed by atoms with Gasteiger partial charge in [-0.3, -0.25) is 9.59 Å². The largest absolute Gasteiger partial charge is 0.497 e. The lowest BCUT2D eigenvalue weighted by Gasteiger charge is -2.31. The van der Waals surface area contributed by atoms with Crippen molar-refractivity contribution in [3.8, 4) is 11.4 Å². The summed E-state index contributed by atoms with van der Waals surface area (Å²) in [6, 6.07) is 14.8. The van der Waals surface area contributed by atoms with Crippen molar-refractivity contribution in [2.75, 3.05) is 17.7 Å². The molecule has 7 heteroatoms. The number of hydrogen-bond donors (Lipinski definition) is 2. The van der Waals surface area contributed by atoms with Gasteiger partial charge in [0, 0.05) is 17.7 Å². The molecule has 0 saturated heterocycles. The third-order valence-electron chi connectivity index (χ3n) is 5.25. The number of carbonyl (C=O) groups excluding carboxylic acids is 2. The predicted octanol–water partition coefficient (Wildman–Crippen LogP) is 2.46. The zero-order valence-corrected chi connectivity index (χ0v) is 14.5. The van der Waals surface area contributed by atoms with E-state index in [4.69, 9.17) is 4.74 Å². The minimum atomic E-state index is -1.06. The van der Waals surface area contributed by atoms with E-state index >= 15 is 0 Å². The molecule has 134 valence electrons. The molecule has 0 bridgehead atoms. The number of nitrogens with zero attached hydrogens (tertiary/aromatic N) is 2. The lowest BCUT2D eigenvalue weighted by atomic mass is 9.72. The molecule has 3 aromatic rings. The number of nitrogens with one attached hydrogen (secondary N) is 2. The summed E-state index contributed by atoms with van der Waals surface area (Å²) in [6.45, 7) is 0. The third-order valence-corrected chi connectivity index (χ3v) is 5.25. The van der Waals surface area contributed by atoms with Gasteiger partial charge in [0.2, 0.25) is 11.8 Å². The maximum atomic E-state index is 13.0. The molecule has 0 aliphatic carbocycles. The van der Waals surface area contributed by atoms with Gasteiger partial charge in [-0.2, -0.15) is 5.10 Å². The van der Waals surface area contributed by atoms with Crippen LogP contribution in [0.25, 0.3) is 5.69 Å². The summed E-state index contributed by atoms with van der Waals surface area (Å²) in [4.78, 5) is 25.6. The Labute approximate surface area is 155 Å². The Morgan fingerprint density at radius 3 is 2.59 bits per heavy atom. The molecule has 1 spiro atoms. The highest BCUT2D eigenvalue weighted by molar-refractivity contribution is 6.14. The van der Waals surface area contributed by atoms with E-state index < -0.39 is 5.41 Å². The first-order chi connectivity index (χ1) is 13.1. The average molecular weight is 360 g/mol. The molecule has 7 nitrogen and oxygen atoms in total. The smallest absolute Gasteiger partial charge is 0.240 e. The van der Waals surface area contributed by atoms with E-state index in [9.17, 15) is 9.59 Å². The summed E-state index contributed by atoms with van der Waals surface area (Å²) in [7, 11) is 1.60. The Morgan fingerprint density at radius 1 is 1.04 bits per heavy atom. The van der Waals surface area contributed by atoms with Gasteiger partial charge in [0.15, 0.2) is 0 Å². The van der Waals surface area contributed by atoms with Gasteiger partial charge in [-0.25, -0.2) is 4.68 Å². The molecule has 3 heterocycles. The molecule has 2 aliphatic rings. The lowest BCUT2D eigenvalue weighted by molar-refractivity contribution is -0.125. The SMILES string of the molecule is COc1ccc(-n2ncc3c2NC(=O)C[C@]32C(=O)Nc3ccccc32)cc1. The summed E-state index contributed by atoms with van der Waals surface area (Å²) >= 11 is 0. The summed E-state index contributed by atoms with van der Waals surface area (Å²) < 4.78 is 6.83. The molecule has 1 aromatic heterocycles. The third kappa shape index (κ3) is 2.05. The standard InChI is InChI=1S/C20H16N4O3/c1-27-13-8-6-12(7-9-13)24-18-15(11-21-24)20(10-17(25)23-18)14-4-2-3-5-16(14)22-19(20)26/h2-9,11H,10H2,1H3,(H,22,26)(H,23,25)/t20-/m1/s1. The maximum Gasteiger partial charge on any atom is 0.240 e. The minimum Gasteiger partial charge on any atom is -0.497 e. The Morgan fingerprint density at radius 2 is 1.81 bits per heavy atom. The normalized spacial score (nSPS) is 20.0. The van der Waals surface area contributed by atoms with Crippen LogP contribution in [0.3, 0.4) is 0 Å². The zero-order chi connectivity index (χ0) is 18.6. The fraction of sp³-hybridized carbons (Fsp3) is 0.150. The Balaban J connectivity index is 1.71. The van der Waals surface area contributed by atoms with Gasteiger partial charge in [0.05, 0.1) is 19.0 Å². The van der Waals surface area contributed by atoms with Gasteiger partial charge in [-0.05, 0) is 35.9 Å². The van der Waals surface area contributed by atoms with Crippen LogP contribution in [0.1, 0.15) is 17.5 Å². The number of aromatic nitrogens is 2. The van der Waals surface area contributed by atoms with Gasteiger partial charge < -0.3 is 15.4 Å². The number of para-hydroxylation sites is 1. The number of carbonyl (C=O) groups is 2. The molecule has 0 unspecified atom stereocenters. The Bertz CT molecular complexity index is 1090. The quantitative estimate of drug-likeness (QED) is 0.735. The van der Waals surface area contributed by atoms with Gasteiger partial charge in [0.1, 0.15) is 17.0 Å². The summed E-state index contributed by atoms with van der Waals surface area (Å²) in [5.74, 6) is 0.825. The molecule has 0 fully saturated rings. The van der Waals surface area contributed by atoms with Crippen molar-refractivity contribution in [1.82, 2.24) is 9.78 Å². The highest BCUT2D eigenvalue weighted by atomic mass is 16.5. The summed E-state index contributed by atoms with van der Waals surface area (Å²) in [6.07, 6.45) is 1.72. The number of rotatable bonds is 2. The second-order valence-corrected chi connectivity index (χ2v) is 6.65. The minimum absolute atomic E-state index is 0.0527. The first-order valence-corrected chi connectivity index (χ1v) is 8.57. The molecule has 2 aliphatic heterocycles. The first-order valence-electron chi connectivity index (χ1n) is 8.57. The first kappa shape index (κ1) is 15.6. The molecule has 5 rings (SSSR count). The van der Waals surface area contributed by atoms with Crippen molar-refractivity contribution in [2.45, 2.75) is 11.8 Å². The number of fused-ring (bicyclic) bond motifs is 4. The summed E-state index contributed by atoms with van der Waals surface area (Å²) in [5, 5.41) is 10.3. The monoisotopic (exact) mass is 360 g/mol. The molecular weight excluding hydrogens is 344 g/mol. The zero-order valence-electron chi connectivity index (χ0n) is 14.5. The fourth-order valence-corrected chi connectivity index (χ4v) is 3.97. The second kappa shape index (κ2) is 5.44. The van der Waals surface area contributed by atoms with Crippen LogP contribution in [-0.4, -0.2) is 28.7 Å². The molecule has 0 radical (unpaired) electrons. The van der Waals surface area contributed by atoms with Crippen LogP contribution >= 0.6 is 0 Å². The van der Waals surface area contributed by atoms with Gasteiger partial charge in [-0.1, -0.05) is 18.2 Å². The maximum absolute atomic E-state index is 13.0. The van der Waals surface area contributed by atoms with Crippen LogP contribution in [0.2, 0.25) is 0 Å². The average Bonchev–Trinajstić information content (AvgIpc) is 3.22. The number of anilines is 2. The van der Waals surface area contributed by atoms with Crippen LogP contribution in [0.15, 0.2) is 54.7 Å². The molecule has 2 amide bonds. The molecule has 0 saturated carbocycles. The summed E-state index contributed by atoms with van der Waals surface area (Å²) in [5.41, 5.74) is 1.95. The van der Waals surface area contributed by atoms with E-state index in [0.717, 1.165) is 22.7 Å². The van der Waals surface area contributed by atoms with E-state index in [1.54, 1.807) is 18.0 Å². The van der Waals surface area contributed by atoms with E-state index in [1.807, 2.05) is 48.5 Å². The molecular formula is C20H16N4O3.